The van der Waals surface area contributed by atoms with Crippen LogP contribution in [0.25, 0.3) is 10.9 Å². The fourth-order valence-corrected chi connectivity index (χ4v) is 2.04. The largest absolute Gasteiger partial charge is 0.361 e. The third-order valence-corrected chi connectivity index (χ3v) is 3.04. The molecule has 0 spiro atoms. The molecule has 0 saturated heterocycles. The van der Waals surface area contributed by atoms with E-state index in [1.165, 1.54) is 0 Å². The number of fused-ring (bicyclic) bond motifs is 1. The summed E-state index contributed by atoms with van der Waals surface area (Å²) in [4.78, 5) is 26.6. The summed E-state index contributed by atoms with van der Waals surface area (Å²) < 4.78 is 0. The zero-order valence-electron chi connectivity index (χ0n) is 10.5. The Hall–Kier alpha value is -2.10. The van der Waals surface area contributed by atoms with Crippen LogP contribution in [0.4, 0.5) is 0 Å². The molecule has 1 aromatic carbocycles. The van der Waals surface area contributed by atoms with Crippen LogP contribution in [0.1, 0.15) is 25.3 Å². The number of hydrogen-bond donors (Lipinski definition) is 2. The number of hydrogen-bond acceptors (Lipinski definition) is 2. The van der Waals surface area contributed by atoms with Crippen molar-refractivity contribution in [1.29, 1.82) is 0 Å². The Morgan fingerprint density at radius 2 is 2.06 bits per heavy atom. The van der Waals surface area contributed by atoms with E-state index in [-0.39, 0.29) is 0 Å². The number of Topliss-reactive ketones (excluding diaryl/α,β-unsaturated/α-hetero) is 1. The van der Waals surface area contributed by atoms with Crippen molar-refractivity contribution in [3.63, 3.8) is 0 Å². The first-order valence-corrected chi connectivity index (χ1v) is 6.03. The van der Waals surface area contributed by atoms with Crippen LogP contribution in [0.3, 0.4) is 0 Å². The molecule has 1 heterocycles. The van der Waals surface area contributed by atoms with E-state index in [0.717, 1.165) is 16.5 Å². The summed E-state index contributed by atoms with van der Waals surface area (Å²) in [7, 11) is 0. The SMILES string of the molecule is CCNC(=O)C(=O)C(C)c1c[nH]c2ccccc12. The molecule has 2 N–H and O–H groups in total. The molecule has 0 bridgehead atoms. The molecular formula is C14H16N2O2. The van der Waals surface area contributed by atoms with Gasteiger partial charge in [-0.3, -0.25) is 9.59 Å². The standard InChI is InChI=1S/C14H16N2O2/c1-3-15-14(18)13(17)9(2)11-8-16-12-7-5-4-6-10(11)12/h4-9,16H,3H2,1-2H3,(H,15,18). The summed E-state index contributed by atoms with van der Waals surface area (Å²) in [6.45, 7) is 4.01. The Balaban J connectivity index is 2.31. The van der Waals surface area contributed by atoms with Gasteiger partial charge in [0.05, 0.1) is 5.92 Å². The van der Waals surface area contributed by atoms with Crippen LogP contribution in [-0.4, -0.2) is 23.2 Å². The average Bonchev–Trinajstić information content (AvgIpc) is 2.81. The molecule has 94 valence electrons. The Morgan fingerprint density at radius 3 is 2.78 bits per heavy atom. The van der Waals surface area contributed by atoms with Gasteiger partial charge in [0.25, 0.3) is 5.91 Å². The molecule has 0 aliphatic carbocycles. The van der Waals surface area contributed by atoms with E-state index in [0.29, 0.717) is 6.54 Å². The lowest BCUT2D eigenvalue weighted by Gasteiger charge is -2.09. The molecule has 0 saturated carbocycles. The van der Waals surface area contributed by atoms with Crippen molar-refractivity contribution >= 4 is 22.6 Å². The van der Waals surface area contributed by atoms with Crippen molar-refractivity contribution < 1.29 is 9.59 Å². The lowest BCUT2D eigenvalue weighted by Crippen LogP contribution is -2.33. The van der Waals surface area contributed by atoms with E-state index in [1.54, 1.807) is 20.0 Å². The average molecular weight is 244 g/mol. The van der Waals surface area contributed by atoms with Crippen molar-refractivity contribution in [3.05, 3.63) is 36.0 Å². The van der Waals surface area contributed by atoms with Crippen LogP contribution < -0.4 is 5.32 Å². The van der Waals surface area contributed by atoms with Gasteiger partial charge in [-0.1, -0.05) is 25.1 Å². The molecule has 2 rings (SSSR count). The second-order valence-electron chi connectivity index (χ2n) is 4.23. The second-order valence-corrected chi connectivity index (χ2v) is 4.23. The summed E-state index contributed by atoms with van der Waals surface area (Å²) in [6.07, 6.45) is 1.80. The Labute approximate surface area is 105 Å². The normalized spacial score (nSPS) is 12.3. The lowest BCUT2D eigenvalue weighted by atomic mass is 9.96. The number of benzene rings is 1. The molecular weight excluding hydrogens is 228 g/mol. The van der Waals surface area contributed by atoms with Crippen LogP contribution >= 0.6 is 0 Å². The number of carbonyl (C=O) groups is 2. The zero-order valence-corrected chi connectivity index (χ0v) is 10.5. The van der Waals surface area contributed by atoms with Gasteiger partial charge in [0.15, 0.2) is 0 Å². The molecule has 0 aliphatic rings. The van der Waals surface area contributed by atoms with Gasteiger partial charge in [-0.25, -0.2) is 0 Å². The molecule has 4 heteroatoms. The van der Waals surface area contributed by atoms with Crippen molar-refractivity contribution in [3.8, 4) is 0 Å². The molecule has 18 heavy (non-hydrogen) atoms. The van der Waals surface area contributed by atoms with Gasteiger partial charge in [-0.2, -0.15) is 0 Å². The molecule has 1 unspecified atom stereocenters. The van der Waals surface area contributed by atoms with E-state index >= 15 is 0 Å². The second kappa shape index (κ2) is 5.04. The molecule has 0 radical (unpaired) electrons. The third kappa shape index (κ3) is 2.14. The minimum absolute atomic E-state index is 0.401. The number of aromatic amines is 1. The summed E-state index contributed by atoms with van der Waals surface area (Å²) in [5.41, 5.74) is 1.84. The number of likely N-dealkylation sites (N-methyl/N-ethyl adjacent to an activating group) is 1. The van der Waals surface area contributed by atoms with Crippen LogP contribution in [-0.2, 0) is 9.59 Å². The van der Waals surface area contributed by atoms with Gasteiger partial charge < -0.3 is 10.3 Å². The maximum Gasteiger partial charge on any atom is 0.288 e. The minimum atomic E-state index is -0.518. The van der Waals surface area contributed by atoms with Gasteiger partial charge in [0.1, 0.15) is 0 Å². The number of rotatable bonds is 4. The summed E-state index contributed by atoms with van der Waals surface area (Å²) in [5, 5.41) is 3.53. The first-order chi connectivity index (χ1) is 8.65. The molecule has 2 aromatic rings. The van der Waals surface area contributed by atoms with Gasteiger partial charge >= 0.3 is 0 Å². The molecule has 1 aromatic heterocycles. The minimum Gasteiger partial charge on any atom is -0.361 e. The summed E-state index contributed by atoms with van der Waals surface area (Å²) in [5.74, 6) is -1.36. The Morgan fingerprint density at radius 1 is 1.33 bits per heavy atom. The quantitative estimate of drug-likeness (QED) is 0.808. The highest BCUT2D eigenvalue weighted by molar-refractivity contribution is 6.38. The van der Waals surface area contributed by atoms with Gasteiger partial charge in [-0.15, -0.1) is 0 Å². The molecule has 0 aliphatic heterocycles. The third-order valence-electron chi connectivity index (χ3n) is 3.04. The first-order valence-electron chi connectivity index (χ1n) is 6.03. The fourth-order valence-electron chi connectivity index (χ4n) is 2.04. The van der Waals surface area contributed by atoms with Crippen molar-refractivity contribution in [2.45, 2.75) is 19.8 Å². The van der Waals surface area contributed by atoms with Crippen molar-refractivity contribution in [1.82, 2.24) is 10.3 Å². The van der Waals surface area contributed by atoms with E-state index in [1.807, 2.05) is 24.3 Å². The van der Waals surface area contributed by atoms with Crippen LogP contribution in [0.15, 0.2) is 30.5 Å². The number of ketones is 1. The smallest absolute Gasteiger partial charge is 0.288 e. The number of carbonyl (C=O) groups excluding carboxylic acids is 2. The number of para-hydroxylation sites is 1. The number of aromatic nitrogens is 1. The first kappa shape index (κ1) is 12.4. The summed E-state index contributed by atoms with van der Waals surface area (Å²) >= 11 is 0. The summed E-state index contributed by atoms with van der Waals surface area (Å²) in [6, 6.07) is 7.74. The monoisotopic (exact) mass is 244 g/mol. The van der Waals surface area contributed by atoms with Crippen LogP contribution in [0, 0.1) is 0 Å². The lowest BCUT2D eigenvalue weighted by molar-refractivity contribution is -0.138. The van der Waals surface area contributed by atoms with Crippen LogP contribution in [0.2, 0.25) is 0 Å². The number of nitrogens with one attached hydrogen (secondary N) is 2. The Bertz CT molecular complexity index is 586. The molecule has 1 amide bonds. The maximum absolute atomic E-state index is 11.9. The van der Waals surface area contributed by atoms with E-state index in [2.05, 4.69) is 10.3 Å². The Kier molecular flexibility index (Phi) is 3.46. The fraction of sp³-hybridized carbons (Fsp3) is 0.286. The number of amides is 1. The van der Waals surface area contributed by atoms with Gasteiger partial charge in [0, 0.05) is 23.6 Å². The van der Waals surface area contributed by atoms with Crippen molar-refractivity contribution in [2.75, 3.05) is 6.54 Å². The van der Waals surface area contributed by atoms with Crippen LogP contribution in [0.5, 0.6) is 0 Å². The topological polar surface area (TPSA) is 62.0 Å². The predicted octanol–water partition coefficient (Wildman–Crippen LogP) is 1.98. The van der Waals surface area contributed by atoms with E-state index in [9.17, 15) is 9.59 Å². The highest BCUT2D eigenvalue weighted by Gasteiger charge is 2.24. The van der Waals surface area contributed by atoms with Gasteiger partial charge in [-0.05, 0) is 18.6 Å². The predicted molar refractivity (Wildman–Crippen MR) is 70.4 cm³/mol. The van der Waals surface area contributed by atoms with Gasteiger partial charge in [0.2, 0.25) is 5.78 Å². The molecule has 1 atom stereocenters. The molecule has 4 nitrogen and oxygen atoms in total. The van der Waals surface area contributed by atoms with E-state index in [4.69, 9.17) is 0 Å². The van der Waals surface area contributed by atoms with Crippen molar-refractivity contribution in [2.24, 2.45) is 0 Å². The van der Waals surface area contributed by atoms with E-state index < -0.39 is 17.6 Å². The highest BCUT2D eigenvalue weighted by atomic mass is 16.2. The maximum atomic E-state index is 11.9. The number of H-pyrrole nitrogens is 1. The molecule has 0 fully saturated rings. The zero-order chi connectivity index (χ0) is 13.1. The highest BCUT2D eigenvalue weighted by Crippen LogP contribution is 2.25.